The minimum Gasteiger partial charge on any atom is -0.508 e. The highest BCUT2D eigenvalue weighted by Gasteiger charge is 2.19. The quantitative estimate of drug-likeness (QED) is 0.349. The molecule has 31 heavy (non-hydrogen) atoms. The number of phenolic OH excluding ortho intramolecular Hbond substituents is 1. The zero-order chi connectivity index (χ0) is 21.5. The van der Waals surface area contributed by atoms with Crippen molar-refractivity contribution in [3.05, 3.63) is 65.8 Å². The molecule has 3 aromatic heterocycles. The molecule has 0 bridgehead atoms. The molecule has 2 aromatic carbocycles. The number of thiophene rings is 1. The summed E-state index contributed by atoms with van der Waals surface area (Å²) in [5, 5.41) is 16.4. The number of nitrogens with one attached hydrogen (secondary N) is 1. The Bertz CT molecular complexity index is 1370. The van der Waals surface area contributed by atoms with Gasteiger partial charge in [0.25, 0.3) is 0 Å². The molecule has 3 heterocycles. The Hall–Kier alpha value is -3.45. The number of hydrogen-bond acceptors (Lipinski definition) is 6. The van der Waals surface area contributed by atoms with Crippen molar-refractivity contribution in [2.75, 3.05) is 5.32 Å². The first-order valence-corrected chi connectivity index (χ1v) is 11.2. The summed E-state index contributed by atoms with van der Waals surface area (Å²) in [4.78, 5) is 14.5. The van der Waals surface area contributed by atoms with Gasteiger partial charge in [-0.15, -0.1) is 11.3 Å². The van der Waals surface area contributed by atoms with Crippen molar-refractivity contribution in [2.24, 2.45) is 0 Å². The summed E-state index contributed by atoms with van der Waals surface area (Å²) in [7, 11) is 0. The van der Waals surface area contributed by atoms with Crippen molar-refractivity contribution < 1.29 is 5.11 Å². The van der Waals surface area contributed by atoms with Crippen LogP contribution in [0.1, 0.15) is 38.4 Å². The molecule has 5 aromatic rings. The van der Waals surface area contributed by atoms with Crippen LogP contribution in [0.4, 0.5) is 5.82 Å². The third-order valence-electron chi connectivity index (χ3n) is 5.45. The molecule has 2 N–H and O–H groups in total. The monoisotopic (exact) mass is 429 g/mol. The van der Waals surface area contributed by atoms with E-state index in [9.17, 15) is 5.11 Å². The average molecular weight is 430 g/mol. The van der Waals surface area contributed by atoms with Crippen molar-refractivity contribution in [1.82, 2.24) is 19.5 Å². The zero-order valence-corrected chi connectivity index (χ0v) is 18.4. The number of fused-ring (bicyclic) bond motifs is 2. The molecule has 0 spiro atoms. The molecular formula is C24H23N5OS. The van der Waals surface area contributed by atoms with E-state index in [0.717, 1.165) is 27.7 Å². The predicted octanol–water partition coefficient (Wildman–Crippen LogP) is 6.17. The first kappa shape index (κ1) is 19.5. The van der Waals surface area contributed by atoms with Crippen LogP contribution in [0, 0.1) is 0 Å². The van der Waals surface area contributed by atoms with E-state index < -0.39 is 0 Å². The molecule has 0 saturated heterocycles. The molecule has 0 fully saturated rings. The second-order valence-corrected chi connectivity index (χ2v) is 8.83. The summed E-state index contributed by atoms with van der Waals surface area (Å²) in [6.07, 6.45) is 1.83. The highest BCUT2D eigenvalue weighted by Crippen LogP contribution is 2.35. The first-order valence-electron chi connectivity index (χ1n) is 10.3. The van der Waals surface area contributed by atoms with Gasteiger partial charge in [-0.05, 0) is 44.5 Å². The summed E-state index contributed by atoms with van der Waals surface area (Å²) < 4.78 is 3.29. The molecule has 6 nitrogen and oxygen atoms in total. The number of phenols is 1. The van der Waals surface area contributed by atoms with E-state index in [4.69, 9.17) is 9.97 Å². The minimum absolute atomic E-state index is 0.0185. The maximum atomic E-state index is 9.60. The van der Waals surface area contributed by atoms with E-state index in [1.165, 1.54) is 4.70 Å². The van der Waals surface area contributed by atoms with E-state index in [1.807, 2.05) is 30.6 Å². The van der Waals surface area contributed by atoms with Crippen LogP contribution in [-0.2, 0) is 0 Å². The van der Waals surface area contributed by atoms with Crippen LogP contribution in [0.15, 0.2) is 60.2 Å². The molecule has 156 valence electrons. The minimum atomic E-state index is -0.0185. The Labute approximate surface area is 184 Å². The van der Waals surface area contributed by atoms with Gasteiger partial charge in [0.05, 0.1) is 12.4 Å². The van der Waals surface area contributed by atoms with Crippen LogP contribution in [0.3, 0.4) is 0 Å². The summed E-state index contributed by atoms with van der Waals surface area (Å²) in [6, 6.07) is 15.7. The Morgan fingerprint density at radius 2 is 1.77 bits per heavy atom. The Balaban J connectivity index is 1.65. The van der Waals surface area contributed by atoms with Gasteiger partial charge in [0.1, 0.15) is 11.3 Å². The van der Waals surface area contributed by atoms with Crippen LogP contribution >= 0.6 is 11.3 Å². The molecule has 1 unspecified atom stereocenters. The third-order valence-corrected chi connectivity index (χ3v) is 6.41. The first-order chi connectivity index (χ1) is 15.0. The zero-order valence-electron chi connectivity index (χ0n) is 17.6. The number of imidazole rings is 1. The van der Waals surface area contributed by atoms with Crippen LogP contribution in [-0.4, -0.2) is 24.6 Å². The number of benzene rings is 2. The molecule has 0 aliphatic carbocycles. The number of rotatable bonds is 5. The number of nitrogens with zero attached hydrogens (tertiary/aromatic N) is 4. The van der Waals surface area contributed by atoms with Gasteiger partial charge < -0.3 is 15.0 Å². The van der Waals surface area contributed by atoms with Crippen LogP contribution in [0.25, 0.3) is 32.6 Å². The largest absolute Gasteiger partial charge is 0.508 e. The summed E-state index contributed by atoms with van der Waals surface area (Å²) in [5.41, 5.74) is 3.65. The van der Waals surface area contributed by atoms with E-state index in [2.05, 4.69) is 53.2 Å². The van der Waals surface area contributed by atoms with E-state index in [-0.39, 0.29) is 17.8 Å². The van der Waals surface area contributed by atoms with Gasteiger partial charge in [-0.2, -0.15) is 0 Å². The second kappa shape index (κ2) is 7.67. The van der Waals surface area contributed by atoms with Crippen molar-refractivity contribution in [3.63, 3.8) is 0 Å². The molecule has 0 radical (unpaired) electrons. The fourth-order valence-electron chi connectivity index (χ4n) is 3.72. The Kier molecular flexibility index (Phi) is 4.82. The molecule has 0 saturated carbocycles. The Morgan fingerprint density at radius 3 is 2.55 bits per heavy atom. The summed E-state index contributed by atoms with van der Waals surface area (Å²) in [6.45, 7) is 6.31. The third kappa shape index (κ3) is 3.51. The van der Waals surface area contributed by atoms with Gasteiger partial charge in [0.15, 0.2) is 17.3 Å². The lowest BCUT2D eigenvalue weighted by Gasteiger charge is -2.16. The summed E-state index contributed by atoms with van der Waals surface area (Å²) in [5.74, 6) is 1.64. The van der Waals surface area contributed by atoms with Gasteiger partial charge in [-0.25, -0.2) is 15.0 Å². The van der Waals surface area contributed by atoms with Gasteiger partial charge >= 0.3 is 0 Å². The molecule has 1 atom stereocenters. The number of aromatic nitrogens is 4. The maximum absolute atomic E-state index is 9.60. The number of hydrogen-bond donors (Lipinski definition) is 2. The molecule has 0 amide bonds. The predicted molar refractivity (Wildman–Crippen MR) is 127 cm³/mol. The highest BCUT2D eigenvalue weighted by molar-refractivity contribution is 7.17. The topological polar surface area (TPSA) is 75.9 Å². The lowest BCUT2D eigenvalue weighted by Crippen LogP contribution is -2.10. The van der Waals surface area contributed by atoms with E-state index >= 15 is 0 Å². The van der Waals surface area contributed by atoms with Crippen LogP contribution in [0.5, 0.6) is 5.75 Å². The van der Waals surface area contributed by atoms with Crippen molar-refractivity contribution in [3.8, 4) is 17.1 Å². The fourth-order valence-corrected chi connectivity index (χ4v) is 4.66. The highest BCUT2D eigenvalue weighted by atomic mass is 32.1. The van der Waals surface area contributed by atoms with Gasteiger partial charge in [-0.1, -0.05) is 30.3 Å². The molecule has 7 heteroatoms. The van der Waals surface area contributed by atoms with Gasteiger partial charge in [-0.3, -0.25) is 0 Å². The SMILES string of the molecule is CC(Nc1nc(-c2csc3ccccc23)nc2c1ncn2C(C)C)c1ccc(O)cc1. The lowest BCUT2D eigenvalue weighted by molar-refractivity contribution is 0.475. The van der Waals surface area contributed by atoms with Crippen molar-refractivity contribution in [2.45, 2.75) is 32.9 Å². The average Bonchev–Trinajstić information content (AvgIpc) is 3.38. The van der Waals surface area contributed by atoms with E-state index in [1.54, 1.807) is 23.5 Å². The maximum Gasteiger partial charge on any atom is 0.166 e. The lowest BCUT2D eigenvalue weighted by atomic mass is 10.1. The Morgan fingerprint density at radius 1 is 1.00 bits per heavy atom. The van der Waals surface area contributed by atoms with Crippen molar-refractivity contribution in [1.29, 1.82) is 0 Å². The molecule has 5 rings (SSSR count). The standard InChI is InChI=1S/C24H23N5OS/c1-14(2)29-13-25-21-23(26-15(3)16-8-10-17(30)11-9-16)27-22(28-24(21)29)19-12-31-20-7-5-4-6-18(19)20/h4-15,30H,1-3H3,(H,26,27,28). The van der Waals surface area contributed by atoms with Gasteiger partial charge in [0, 0.05) is 27.1 Å². The van der Waals surface area contributed by atoms with Crippen molar-refractivity contribution >= 4 is 38.4 Å². The second-order valence-electron chi connectivity index (χ2n) is 7.92. The number of anilines is 1. The fraction of sp³-hybridized carbons (Fsp3) is 0.208. The molecular weight excluding hydrogens is 406 g/mol. The van der Waals surface area contributed by atoms with Gasteiger partial charge in [0.2, 0.25) is 0 Å². The summed E-state index contributed by atoms with van der Waals surface area (Å²) >= 11 is 1.70. The van der Waals surface area contributed by atoms with Crippen LogP contribution in [0.2, 0.25) is 0 Å². The smallest absolute Gasteiger partial charge is 0.166 e. The number of aromatic hydroxyl groups is 1. The van der Waals surface area contributed by atoms with E-state index in [0.29, 0.717) is 11.6 Å². The van der Waals surface area contributed by atoms with Crippen LogP contribution < -0.4 is 5.32 Å². The molecule has 0 aliphatic rings. The molecule has 0 aliphatic heterocycles. The normalized spacial score (nSPS) is 12.6.